The fourth-order valence-electron chi connectivity index (χ4n) is 3.92. The van der Waals surface area contributed by atoms with E-state index in [1.165, 1.54) is 0 Å². The zero-order valence-electron chi connectivity index (χ0n) is 18.6. The predicted molar refractivity (Wildman–Crippen MR) is 124 cm³/mol. The SMILES string of the molecule is Cc1cc(C#N)cc(C)c1Oc1ccnc(NC2CCN(c3cccc(C(N)=O)n3)CC2)n1. The highest BCUT2D eigenvalue weighted by atomic mass is 16.5. The molecule has 1 saturated heterocycles. The zero-order valence-corrected chi connectivity index (χ0v) is 18.6. The van der Waals surface area contributed by atoms with Gasteiger partial charge in [0.15, 0.2) is 0 Å². The second-order valence-corrected chi connectivity index (χ2v) is 8.02. The van der Waals surface area contributed by atoms with Crippen LogP contribution < -0.4 is 20.7 Å². The monoisotopic (exact) mass is 443 g/mol. The molecule has 1 aromatic carbocycles. The lowest BCUT2D eigenvalue weighted by Crippen LogP contribution is -2.40. The smallest absolute Gasteiger partial charge is 0.267 e. The van der Waals surface area contributed by atoms with Gasteiger partial charge in [0.1, 0.15) is 17.3 Å². The molecule has 0 spiro atoms. The Kier molecular flexibility index (Phi) is 6.36. The number of aromatic nitrogens is 3. The summed E-state index contributed by atoms with van der Waals surface area (Å²) < 4.78 is 6.02. The van der Waals surface area contributed by atoms with E-state index in [-0.39, 0.29) is 11.7 Å². The van der Waals surface area contributed by atoms with Crippen LogP contribution >= 0.6 is 0 Å². The molecule has 3 N–H and O–H groups in total. The third-order valence-corrected chi connectivity index (χ3v) is 5.57. The second kappa shape index (κ2) is 9.53. The maximum atomic E-state index is 11.4. The van der Waals surface area contributed by atoms with Crippen LogP contribution in [-0.4, -0.2) is 40.0 Å². The van der Waals surface area contributed by atoms with Crippen molar-refractivity contribution in [3.8, 4) is 17.7 Å². The summed E-state index contributed by atoms with van der Waals surface area (Å²) in [4.78, 5) is 26.7. The first-order valence-electron chi connectivity index (χ1n) is 10.7. The van der Waals surface area contributed by atoms with Gasteiger partial charge in [-0.25, -0.2) is 9.97 Å². The third kappa shape index (κ3) is 5.18. The lowest BCUT2D eigenvalue weighted by molar-refractivity contribution is 0.0995. The average molecular weight is 444 g/mol. The quantitative estimate of drug-likeness (QED) is 0.593. The zero-order chi connectivity index (χ0) is 23.4. The van der Waals surface area contributed by atoms with Gasteiger partial charge in [-0.1, -0.05) is 6.07 Å². The van der Waals surface area contributed by atoms with Gasteiger partial charge < -0.3 is 20.7 Å². The summed E-state index contributed by atoms with van der Waals surface area (Å²) in [7, 11) is 0. The van der Waals surface area contributed by atoms with Crippen LogP contribution in [0.1, 0.15) is 40.0 Å². The van der Waals surface area contributed by atoms with Crippen LogP contribution in [0, 0.1) is 25.2 Å². The van der Waals surface area contributed by atoms with Crippen molar-refractivity contribution in [2.75, 3.05) is 23.3 Å². The molecule has 3 aromatic rings. The number of nitriles is 1. The van der Waals surface area contributed by atoms with E-state index in [9.17, 15) is 4.79 Å². The van der Waals surface area contributed by atoms with Crippen molar-refractivity contribution in [3.63, 3.8) is 0 Å². The molecule has 9 heteroatoms. The number of hydrogen-bond donors (Lipinski definition) is 2. The number of rotatable bonds is 6. The van der Waals surface area contributed by atoms with Crippen LogP contribution in [0.2, 0.25) is 0 Å². The number of anilines is 2. The minimum absolute atomic E-state index is 0.203. The summed E-state index contributed by atoms with van der Waals surface area (Å²) in [5.41, 5.74) is 7.97. The van der Waals surface area contributed by atoms with Crippen LogP contribution in [0.5, 0.6) is 11.6 Å². The number of carbonyl (C=O) groups excluding carboxylic acids is 1. The Morgan fingerprint density at radius 1 is 1.18 bits per heavy atom. The number of nitrogens with zero attached hydrogens (tertiary/aromatic N) is 5. The summed E-state index contributed by atoms with van der Waals surface area (Å²) in [5, 5.41) is 12.5. The Morgan fingerprint density at radius 2 is 1.91 bits per heavy atom. The van der Waals surface area contributed by atoms with E-state index >= 15 is 0 Å². The summed E-state index contributed by atoms with van der Waals surface area (Å²) in [6, 6.07) is 13.0. The van der Waals surface area contributed by atoms with E-state index in [2.05, 4.69) is 31.2 Å². The lowest BCUT2D eigenvalue weighted by Gasteiger charge is -2.33. The first-order chi connectivity index (χ1) is 15.9. The Hall–Kier alpha value is -4.19. The number of amides is 1. The fourth-order valence-corrected chi connectivity index (χ4v) is 3.92. The number of hydrogen-bond acceptors (Lipinski definition) is 8. The van der Waals surface area contributed by atoms with Gasteiger partial charge >= 0.3 is 0 Å². The average Bonchev–Trinajstić information content (AvgIpc) is 2.82. The van der Waals surface area contributed by atoms with Crippen LogP contribution in [0.15, 0.2) is 42.6 Å². The summed E-state index contributed by atoms with van der Waals surface area (Å²) in [6.45, 7) is 5.38. The lowest BCUT2D eigenvalue weighted by atomic mass is 10.1. The van der Waals surface area contributed by atoms with Crippen LogP contribution in [-0.2, 0) is 0 Å². The van der Waals surface area contributed by atoms with Gasteiger partial charge in [0.25, 0.3) is 5.91 Å². The number of benzene rings is 1. The van der Waals surface area contributed by atoms with Gasteiger partial charge in [0.2, 0.25) is 11.8 Å². The molecule has 0 unspecified atom stereocenters. The van der Waals surface area contributed by atoms with E-state index < -0.39 is 5.91 Å². The van der Waals surface area contributed by atoms with Gasteiger partial charge in [-0.3, -0.25) is 4.79 Å². The topological polar surface area (TPSA) is 130 Å². The van der Waals surface area contributed by atoms with Crippen molar-refractivity contribution < 1.29 is 9.53 Å². The first-order valence-corrected chi connectivity index (χ1v) is 10.7. The number of primary amides is 1. The molecule has 1 amide bonds. The van der Waals surface area contributed by atoms with Crippen molar-refractivity contribution in [2.45, 2.75) is 32.7 Å². The van der Waals surface area contributed by atoms with E-state index in [1.807, 2.05) is 19.9 Å². The third-order valence-electron chi connectivity index (χ3n) is 5.57. The molecule has 4 rings (SSSR count). The number of piperidine rings is 1. The molecule has 0 bridgehead atoms. The molecule has 2 aromatic heterocycles. The number of nitrogens with two attached hydrogens (primary N) is 1. The van der Waals surface area contributed by atoms with Gasteiger partial charge in [0, 0.05) is 31.4 Å². The molecule has 168 valence electrons. The minimum atomic E-state index is -0.529. The Balaban J connectivity index is 1.39. The first kappa shape index (κ1) is 22.0. The van der Waals surface area contributed by atoms with Crippen LogP contribution in [0.25, 0.3) is 0 Å². The molecule has 3 heterocycles. The predicted octanol–water partition coefficient (Wildman–Crippen LogP) is 3.33. The van der Waals surface area contributed by atoms with Gasteiger partial charge in [-0.2, -0.15) is 10.2 Å². The Labute approximate surface area is 192 Å². The number of aryl methyl sites for hydroxylation is 2. The summed E-state index contributed by atoms with van der Waals surface area (Å²) in [5.74, 6) is 1.86. The standard InChI is InChI=1S/C24H25N7O2/c1-15-12-17(14-25)13-16(2)22(15)33-21-6-9-27-24(30-21)28-18-7-10-31(11-8-18)20-5-3-4-19(29-20)23(26)32/h3-6,9,12-13,18H,7-8,10-11H2,1-2H3,(H2,26,32)(H,27,28,30). The van der Waals surface area contributed by atoms with Gasteiger partial charge in [-0.05, 0) is 62.1 Å². The highest BCUT2D eigenvalue weighted by Gasteiger charge is 2.21. The van der Waals surface area contributed by atoms with Crippen molar-refractivity contribution in [1.29, 1.82) is 5.26 Å². The van der Waals surface area contributed by atoms with Crippen molar-refractivity contribution in [1.82, 2.24) is 15.0 Å². The molecular weight excluding hydrogens is 418 g/mol. The highest BCUT2D eigenvalue weighted by molar-refractivity contribution is 5.91. The van der Waals surface area contributed by atoms with E-state index in [0.29, 0.717) is 23.1 Å². The summed E-state index contributed by atoms with van der Waals surface area (Å²) >= 11 is 0. The number of pyridine rings is 1. The maximum Gasteiger partial charge on any atom is 0.267 e. The molecule has 0 saturated carbocycles. The van der Waals surface area contributed by atoms with Gasteiger partial charge in [-0.15, -0.1) is 0 Å². The number of nitrogens with one attached hydrogen (secondary N) is 1. The van der Waals surface area contributed by atoms with Crippen LogP contribution in [0.3, 0.4) is 0 Å². The second-order valence-electron chi connectivity index (χ2n) is 8.02. The molecule has 1 aliphatic rings. The molecule has 0 aliphatic carbocycles. The highest BCUT2D eigenvalue weighted by Crippen LogP contribution is 2.29. The molecule has 33 heavy (non-hydrogen) atoms. The minimum Gasteiger partial charge on any atom is -0.438 e. The molecule has 1 fully saturated rings. The van der Waals surface area contributed by atoms with Crippen molar-refractivity contribution in [2.24, 2.45) is 5.73 Å². The number of carbonyl (C=O) groups is 1. The van der Waals surface area contributed by atoms with E-state index in [0.717, 1.165) is 42.9 Å². The maximum absolute atomic E-state index is 11.4. The summed E-state index contributed by atoms with van der Waals surface area (Å²) in [6.07, 6.45) is 3.39. The van der Waals surface area contributed by atoms with Crippen LogP contribution in [0.4, 0.5) is 11.8 Å². The van der Waals surface area contributed by atoms with Gasteiger partial charge in [0.05, 0.1) is 11.6 Å². The molecule has 0 radical (unpaired) electrons. The Morgan fingerprint density at radius 3 is 2.58 bits per heavy atom. The molecule has 0 atom stereocenters. The van der Waals surface area contributed by atoms with E-state index in [1.54, 1.807) is 36.5 Å². The number of ether oxygens (including phenoxy) is 1. The largest absolute Gasteiger partial charge is 0.438 e. The normalized spacial score (nSPS) is 13.9. The van der Waals surface area contributed by atoms with E-state index in [4.69, 9.17) is 15.7 Å². The van der Waals surface area contributed by atoms with Crippen molar-refractivity contribution >= 4 is 17.7 Å². The van der Waals surface area contributed by atoms with Crippen molar-refractivity contribution in [3.05, 3.63) is 65.0 Å². The fraction of sp³-hybridized carbons (Fsp3) is 0.292. The molecular formula is C24H25N7O2. The molecule has 9 nitrogen and oxygen atoms in total. The molecule has 1 aliphatic heterocycles. The Bertz CT molecular complexity index is 1190.